The molecule has 1 saturated heterocycles. The van der Waals surface area contributed by atoms with Crippen molar-refractivity contribution in [1.29, 1.82) is 0 Å². The van der Waals surface area contributed by atoms with Crippen LogP contribution in [0.5, 0.6) is 11.5 Å². The predicted molar refractivity (Wildman–Crippen MR) is 123 cm³/mol. The van der Waals surface area contributed by atoms with Gasteiger partial charge in [-0.1, -0.05) is 25.1 Å². The van der Waals surface area contributed by atoms with Gasteiger partial charge in [0.05, 0.1) is 18.1 Å². The molecule has 32 heavy (non-hydrogen) atoms. The van der Waals surface area contributed by atoms with Crippen LogP contribution in [0.1, 0.15) is 64.0 Å². The van der Waals surface area contributed by atoms with Crippen LogP contribution in [-0.4, -0.2) is 60.7 Å². The van der Waals surface area contributed by atoms with Crippen LogP contribution in [0.15, 0.2) is 24.3 Å². The molecule has 1 aromatic carbocycles. The van der Waals surface area contributed by atoms with Gasteiger partial charge in [0.15, 0.2) is 11.5 Å². The monoisotopic (exact) mass is 439 g/mol. The van der Waals surface area contributed by atoms with Gasteiger partial charge in [0.1, 0.15) is 11.2 Å². The SMILES string of the molecule is CC[C@@H]1c2ccc(OC)c3c2[C@]24CCN(C)[C@@H]1C21C=CC(OC)([C@@H](C(C)(C)O)C1)[C@]4(C)O3. The smallest absolute Gasteiger partial charge is 0.166 e. The molecular weight excluding hydrogens is 402 g/mol. The Morgan fingerprint density at radius 3 is 2.62 bits per heavy atom. The average molecular weight is 440 g/mol. The van der Waals surface area contributed by atoms with Gasteiger partial charge in [-0.3, -0.25) is 0 Å². The van der Waals surface area contributed by atoms with Gasteiger partial charge in [-0.05, 0) is 65.3 Å². The van der Waals surface area contributed by atoms with Crippen molar-refractivity contribution >= 4 is 0 Å². The van der Waals surface area contributed by atoms with E-state index in [1.54, 1.807) is 14.2 Å². The molecule has 5 heteroatoms. The van der Waals surface area contributed by atoms with Crippen LogP contribution in [0.25, 0.3) is 0 Å². The van der Waals surface area contributed by atoms with Gasteiger partial charge in [-0.15, -0.1) is 0 Å². The lowest BCUT2D eigenvalue weighted by Crippen LogP contribution is -2.85. The number of nitrogens with zero attached hydrogens (tertiary/aromatic N) is 1. The summed E-state index contributed by atoms with van der Waals surface area (Å²) in [5.74, 6) is 2.03. The van der Waals surface area contributed by atoms with Crippen molar-refractivity contribution in [2.75, 3.05) is 27.8 Å². The molecular formula is C27H37NO4. The fourth-order valence-corrected chi connectivity index (χ4v) is 9.37. The highest BCUT2D eigenvalue weighted by Crippen LogP contribution is 2.80. The van der Waals surface area contributed by atoms with E-state index in [0.717, 1.165) is 37.3 Å². The standard InChI is InChI=1S/C27H37NO4/c1-8-16-17-9-10-18(30-6)21-20(17)26-13-14-28(5)22(16)25(26)11-12-27(31-7,24(26,4)32-21)19(15-25)23(2,3)29/h9-12,16,19,22,29H,8,13-15H2,1-7H3/t16-,19-,22+,24-,25?,26+,27?/m1/s1. The molecule has 6 aliphatic rings. The molecule has 2 unspecified atom stereocenters. The van der Waals surface area contributed by atoms with Gasteiger partial charge in [-0.25, -0.2) is 0 Å². The minimum Gasteiger partial charge on any atom is -0.493 e. The summed E-state index contributed by atoms with van der Waals surface area (Å²) in [5.41, 5.74) is 0.149. The van der Waals surface area contributed by atoms with E-state index in [1.807, 2.05) is 13.8 Å². The van der Waals surface area contributed by atoms with Gasteiger partial charge < -0.3 is 24.2 Å². The highest BCUT2D eigenvalue weighted by molar-refractivity contribution is 5.68. The van der Waals surface area contributed by atoms with Gasteiger partial charge in [0.25, 0.3) is 0 Å². The van der Waals surface area contributed by atoms with Crippen LogP contribution in [0.3, 0.4) is 0 Å². The van der Waals surface area contributed by atoms with Crippen molar-refractivity contribution in [2.24, 2.45) is 11.3 Å². The zero-order valence-corrected chi connectivity index (χ0v) is 20.5. The van der Waals surface area contributed by atoms with Crippen molar-refractivity contribution in [1.82, 2.24) is 4.90 Å². The number of hydrogen-bond donors (Lipinski definition) is 1. The number of piperidine rings is 1. The molecule has 0 aromatic heterocycles. The number of aliphatic hydroxyl groups is 1. The maximum Gasteiger partial charge on any atom is 0.166 e. The largest absolute Gasteiger partial charge is 0.493 e. The maximum atomic E-state index is 11.5. The van der Waals surface area contributed by atoms with Crippen LogP contribution >= 0.6 is 0 Å². The van der Waals surface area contributed by atoms with Crippen molar-refractivity contribution in [3.05, 3.63) is 35.4 Å². The first-order valence-corrected chi connectivity index (χ1v) is 12.2. The van der Waals surface area contributed by atoms with Gasteiger partial charge in [0, 0.05) is 36.0 Å². The van der Waals surface area contributed by atoms with E-state index >= 15 is 0 Å². The summed E-state index contributed by atoms with van der Waals surface area (Å²) in [5, 5.41) is 11.5. The molecule has 2 heterocycles. The third kappa shape index (κ3) is 1.82. The zero-order valence-electron chi connectivity index (χ0n) is 20.5. The summed E-state index contributed by atoms with van der Waals surface area (Å²) in [4.78, 5) is 2.59. The molecule has 1 aromatic rings. The third-order valence-electron chi connectivity index (χ3n) is 10.4. The number of rotatable bonds is 4. The van der Waals surface area contributed by atoms with Gasteiger partial charge in [0.2, 0.25) is 0 Å². The average Bonchev–Trinajstić information content (AvgIpc) is 3.05. The number of benzene rings is 1. The van der Waals surface area contributed by atoms with E-state index in [1.165, 1.54) is 11.1 Å². The molecule has 1 N–H and O–H groups in total. The molecule has 5 nitrogen and oxygen atoms in total. The second-order valence-electron chi connectivity index (χ2n) is 11.6. The first-order valence-electron chi connectivity index (χ1n) is 12.2. The second kappa shape index (κ2) is 5.92. The number of hydrogen-bond acceptors (Lipinski definition) is 5. The number of likely N-dealkylation sites (N-methyl/N-ethyl adjacent to an activating group) is 1. The Morgan fingerprint density at radius 2 is 2.00 bits per heavy atom. The Bertz CT molecular complexity index is 1030. The molecule has 7 rings (SSSR count). The van der Waals surface area contributed by atoms with E-state index in [4.69, 9.17) is 14.2 Å². The van der Waals surface area contributed by atoms with Gasteiger partial charge in [-0.2, -0.15) is 0 Å². The molecule has 4 bridgehead atoms. The quantitative estimate of drug-likeness (QED) is 0.718. The highest BCUT2D eigenvalue weighted by atomic mass is 16.6. The fraction of sp³-hybridized carbons (Fsp3) is 0.704. The third-order valence-corrected chi connectivity index (χ3v) is 10.4. The Labute approximate surface area is 191 Å². The molecule has 2 aliphatic heterocycles. The van der Waals surface area contributed by atoms with Crippen molar-refractivity contribution in [3.8, 4) is 11.5 Å². The van der Waals surface area contributed by atoms with E-state index in [-0.39, 0.29) is 16.7 Å². The van der Waals surface area contributed by atoms with Crippen LogP contribution in [0.2, 0.25) is 0 Å². The highest BCUT2D eigenvalue weighted by Gasteiger charge is 2.85. The zero-order chi connectivity index (χ0) is 22.9. The molecule has 4 aliphatic carbocycles. The van der Waals surface area contributed by atoms with Gasteiger partial charge >= 0.3 is 0 Å². The normalized spacial score (nSPS) is 45.6. The van der Waals surface area contributed by atoms with Crippen LogP contribution in [-0.2, 0) is 10.2 Å². The first kappa shape index (κ1) is 21.0. The minimum absolute atomic E-state index is 0.0866. The van der Waals surface area contributed by atoms with E-state index in [2.05, 4.69) is 50.1 Å². The topological polar surface area (TPSA) is 51.2 Å². The van der Waals surface area contributed by atoms with Crippen LogP contribution in [0.4, 0.5) is 0 Å². The lowest BCUT2D eigenvalue weighted by molar-refractivity contribution is -0.285. The Kier molecular flexibility index (Phi) is 3.88. The van der Waals surface area contributed by atoms with Crippen molar-refractivity contribution in [2.45, 2.75) is 81.1 Å². The number of ether oxygens (including phenoxy) is 3. The molecule has 174 valence electrons. The summed E-state index contributed by atoms with van der Waals surface area (Å²) < 4.78 is 19.5. The second-order valence-corrected chi connectivity index (χ2v) is 11.6. The molecule has 0 radical (unpaired) electrons. The Morgan fingerprint density at radius 1 is 1.25 bits per heavy atom. The summed E-state index contributed by atoms with van der Waals surface area (Å²) in [6.45, 7) is 9.47. The van der Waals surface area contributed by atoms with E-state index < -0.39 is 16.8 Å². The number of likely N-dealkylation sites (tertiary alicyclic amines) is 1. The van der Waals surface area contributed by atoms with Crippen molar-refractivity contribution in [3.63, 3.8) is 0 Å². The lowest BCUT2D eigenvalue weighted by atomic mass is 9.31. The number of fused-ring (bicyclic) bond motifs is 1. The summed E-state index contributed by atoms with van der Waals surface area (Å²) >= 11 is 0. The van der Waals surface area contributed by atoms with Crippen LogP contribution in [0, 0.1) is 11.3 Å². The Hall–Kier alpha value is -1.56. The van der Waals surface area contributed by atoms with E-state index in [0.29, 0.717) is 12.0 Å². The minimum atomic E-state index is -0.907. The lowest BCUT2D eigenvalue weighted by Gasteiger charge is -2.76. The molecule has 2 fully saturated rings. The van der Waals surface area contributed by atoms with E-state index in [9.17, 15) is 5.11 Å². The summed E-state index contributed by atoms with van der Waals surface area (Å²) in [6, 6.07) is 4.73. The molecule has 7 atom stereocenters. The first-order chi connectivity index (χ1) is 15.1. The summed E-state index contributed by atoms with van der Waals surface area (Å²) in [7, 11) is 5.81. The fourth-order valence-electron chi connectivity index (χ4n) is 9.37. The molecule has 1 saturated carbocycles. The molecule has 2 spiro atoms. The molecule has 0 amide bonds. The van der Waals surface area contributed by atoms with Crippen molar-refractivity contribution < 1.29 is 19.3 Å². The number of methoxy groups -OCH3 is 2. The Balaban J connectivity index is 1.78. The predicted octanol–water partition coefficient (Wildman–Crippen LogP) is 4.03. The van der Waals surface area contributed by atoms with Crippen LogP contribution < -0.4 is 9.47 Å². The summed E-state index contributed by atoms with van der Waals surface area (Å²) in [6.07, 6.45) is 7.71. The maximum absolute atomic E-state index is 11.5.